The number of halogens is 3. The number of carbonyl (C=O) groups excluding carboxylic acids is 1. The number of nitrogens with zero attached hydrogens (tertiary/aromatic N) is 3. The van der Waals surface area contributed by atoms with Crippen LogP contribution >= 0.6 is 0 Å². The number of nitrogens with one attached hydrogen (secondary N) is 3. The van der Waals surface area contributed by atoms with Gasteiger partial charge in [-0.15, -0.1) is 0 Å². The van der Waals surface area contributed by atoms with Gasteiger partial charge in [-0.3, -0.25) is 9.69 Å². The molecule has 1 aromatic heterocycles. The molecule has 1 amide bonds. The highest BCUT2D eigenvalue weighted by atomic mass is 19.3. The van der Waals surface area contributed by atoms with Gasteiger partial charge in [0.1, 0.15) is 6.10 Å². The van der Waals surface area contributed by atoms with Crippen molar-refractivity contribution < 1.29 is 27.4 Å². The fraction of sp³-hybridized carbons (Fsp3) is 0.593. The summed E-state index contributed by atoms with van der Waals surface area (Å²) in [4.78, 5) is 21.4. The van der Waals surface area contributed by atoms with Gasteiger partial charge >= 0.3 is 6.61 Å². The Labute approximate surface area is 232 Å². The zero-order valence-corrected chi connectivity index (χ0v) is 23.3. The molecule has 3 heterocycles. The fourth-order valence-corrected chi connectivity index (χ4v) is 5.73. The van der Waals surface area contributed by atoms with Gasteiger partial charge in [-0.05, 0) is 65.5 Å². The Morgan fingerprint density at radius 3 is 2.48 bits per heavy atom. The molecule has 1 aromatic carbocycles. The number of ether oxygens (including phenoxy) is 2. The standard InChI is InChI=1S/C27H38F3N7O3/c1-26(2)12-17(13-27(3,4)36-26)33-23-19(28)14-32-25(35-23)34-16-5-6-20(21(11-16)40-24(29)30)39-18-7-9-37(10-8-18)15-22(31)38/h5-6,11,14,17-18,24,36H,7-10,12-13,15H2,1-4H3,(H2,31,38)(H2,32,33,34,35). The molecule has 0 bridgehead atoms. The van der Waals surface area contributed by atoms with Crippen LogP contribution in [-0.2, 0) is 4.79 Å². The van der Waals surface area contributed by atoms with Gasteiger partial charge in [0.05, 0.1) is 12.7 Å². The molecular weight excluding hydrogens is 527 g/mol. The van der Waals surface area contributed by atoms with Crippen molar-refractivity contribution in [2.75, 3.05) is 30.3 Å². The lowest BCUT2D eigenvalue weighted by molar-refractivity contribution is -0.119. The highest BCUT2D eigenvalue weighted by Crippen LogP contribution is 2.35. The third-order valence-corrected chi connectivity index (χ3v) is 6.90. The Hall–Kier alpha value is -3.32. The first kappa shape index (κ1) is 29.7. The average Bonchev–Trinajstić information content (AvgIpc) is 2.81. The fourth-order valence-electron chi connectivity index (χ4n) is 5.73. The normalized spacial score (nSPS) is 19.8. The minimum absolute atomic E-state index is 0.0198. The number of likely N-dealkylation sites (tertiary alicyclic amines) is 1. The third-order valence-electron chi connectivity index (χ3n) is 6.90. The third kappa shape index (κ3) is 8.34. The highest BCUT2D eigenvalue weighted by molar-refractivity contribution is 5.75. The van der Waals surface area contributed by atoms with Crippen LogP contribution < -0.4 is 31.2 Å². The number of benzene rings is 1. The molecule has 40 heavy (non-hydrogen) atoms. The second-order valence-electron chi connectivity index (χ2n) is 11.8. The van der Waals surface area contributed by atoms with E-state index in [2.05, 4.69) is 53.6 Å². The van der Waals surface area contributed by atoms with E-state index in [1.54, 1.807) is 6.07 Å². The van der Waals surface area contributed by atoms with Gasteiger partial charge < -0.3 is 31.2 Å². The number of primary amides is 1. The molecule has 2 aliphatic heterocycles. The van der Waals surface area contributed by atoms with Gasteiger partial charge in [-0.25, -0.2) is 9.37 Å². The number of hydrogen-bond acceptors (Lipinski definition) is 9. The van der Waals surface area contributed by atoms with Crippen molar-refractivity contribution in [3.8, 4) is 11.5 Å². The van der Waals surface area contributed by atoms with Gasteiger partial charge in [0.15, 0.2) is 23.1 Å². The lowest BCUT2D eigenvalue weighted by Gasteiger charge is -2.46. The molecular formula is C27H38F3N7O3. The number of aromatic nitrogens is 2. The van der Waals surface area contributed by atoms with E-state index >= 15 is 0 Å². The van der Waals surface area contributed by atoms with E-state index in [1.165, 1.54) is 12.1 Å². The van der Waals surface area contributed by atoms with Crippen molar-refractivity contribution in [1.82, 2.24) is 20.2 Å². The summed E-state index contributed by atoms with van der Waals surface area (Å²) in [7, 11) is 0. The monoisotopic (exact) mass is 565 g/mol. The molecule has 0 atom stereocenters. The molecule has 5 N–H and O–H groups in total. The number of anilines is 3. The van der Waals surface area contributed by atoms with E-state index in [4.69, 9.17) is 15.2 Å². The van der Waals surface area contributed by atoms with Crippen LogP contribution in [-0.4, -0.2) is 70.2 Å². The second kappa shape index (κ2) is 12.0. The van der Waals surface area contributed by atoms with Crippen molar-refractivity contribution in [2.45, 2.75) is 83.2 Å². The Morgan fingerprint density at radius 2 is 1.85 bits per heavy atom. The van der Waals surface area contributed by atoms with Crippen molar-refractivity contribution in [3.05, 3.63) is 30.2 Å². The minimum Gasteiger partial charge on any atom is -0.486 e. The zero-order chi connectivity index (χ0) is 29.1. The maximum atomic E-state index is 14.6. The Bertz CT molecular complexity index is 1170. The molecule has 0 aliphatic carbocycles. The van der Waals surface area contributed by atoms with Crippen molar-refractivity contribution in [3.63, 3.8) is 0 Å². The van der Waals surface area contributed by atoms with Crippen molar-refractivity contribution in [2.24, 2.45) is 5.73 Å². The maximum Gasteiger partial charge on any atom is 0.387 e. The van der Waals surface area contributed by atoms with Crippen LogP contribution in [0.15, 0.2) is 24.4 Å². The number of piperidine rings is 2. The number of carbonyl (C=O) groups is 1. The molecule has 0 radical (unpaired) electrons. The summed E-state index contributed by atoms with van der Waals surface area (Å²) in [6.07, 6.45) is 3.57. The van der Waals surface area contributed by atoms with Gasteiger partial charge in [0.2, 0.25) is 11.9 Å². The van der Waals surface area contributed by atoms with Crippen molar-refractivity contribution in [1.29, 1.82) is 0 Å². The summed E-state index contributed by atoms with van der Waals surface area (Å²) in [5.74, 6) is -0.830. The first-order chi connectivity index (χ1) is 18.8. The molecule has 0 saturated carbocycles. The molecule has 2 fully saturated rings. The van der Waals surface area contributed by atoms with Gasteiger partial charge in [0.25, 0.3) is 0 Å². The molecule has 2 saturated heterocycles. The average molecular weight is 566 g/mol. The van der Waals surface area contributed by atoms with E-state index in [0.717, 1.165) is 19.0 Å². The summed E-state index contributed by atoms with van der Waals surface area (Å²) in [5, 5.41) is 9.74. The Morgan fingerprint density at radius 1 is 1.18 bits per heavy atom. The SMILES string of the molecule is CC1(C)CC(Nc2nc(Nc3ccc(OC4CCN(CC(N)=O)CC4)c(OC(F)F)c3)ncc2F)CC(C)(C)N1. The van der Waals surface area contributed by atoms with E-state index in [1.807, 2.05) is 4.90 Å². The van der Waals surface area contributed by atoms with E-state index in [9.17, 15) is 18.0 Å². The summed E-state index contributed by atoms with van der Waals surface area (Å²) < 4.78 is 51.8. The van der Waals surface area contributed by atoms with Crippen LogP contribution in [0, 0.1) is 5.82 Å². The van der Waals surface area contributed by atoms with Crippen LogP contribution in [0.1, 0.15) is 53.4 Å². The van der Waals surface area contributed by atoms with Gasteiger partial charge in [0, 0.05) is 42.0 Å². The van der Waals surface area contributed by atoms with E-state index in [-0.39, 0.29) is 53.0 Å². The molecule has 13 heteroatoms. The first-order valence-electron chi connectivity index (χ1n) is 13.4. The maximum absolute atomic E-state index is 14.6. The van der Waals surface area contributed by atoms with Crippen LogP contribution in [0.5, 0.6) is 11.5 Å². The first-order valence-corrected chi connectivity index (χ1v) is 13.4. The van der Waals surface area contributed by atoms with Crippen LogP contribution in [0.3, 0.4) is 0 Å². The molecule has 220 valence electrons. The minimum atomic E-state index is -3.06. The molecule has 2 aliphatic rings. The van der Waals surface area contributed by atoms with E-state index < -0.39 is 18.3 Å². The number of amides is 1. The molecule has 10 nitrogen and oxygen atoms in total. The largest absolute Gasteiger partial charge is 0.486 e. The summed E-state index contributed by atoms with van der Waals surface area (Å²) in [6, 6.07) is 4.49. The lowest BCUT2D eigenvalue weighted by Crippen LogP contribution is -2.60. The molecule has 0 unspecified atom stereocenters. The predicted octanol–water partition coefficient (Wildman–Crippen LogP) is 4.01. The van der Waals surface area contributed by atoms with Crippen LogP contribution in [0.4, 0.5) is 30.6 Å². The molecule has 4 rings (SSSR count). The molecule has 0 spiro atoms. The van der Waals surface area contributed by atoms with Gasteiger partial charge in [-0.1, -0.05) is 0 Å². The second-order valence-corrected chi connectivity index (χ2v) is 11.8. The van der Waals surface area contributed by atoms with Gasteiger partial charge in [-0.2, -0.15) is 13.8 Å². The number of hydrogen-bond donors (Lipinski definition) is 4. The van der Waals surface area contributed by atoms with Crippen LogP contribution in [0.25, 0.3) is 0 Å². The number of nitrogens with two attached hydrogens (primary N) is 1. The quantitative estimate of drug-likeness (QED) is 0.338. The summed E-state index contributed by atoms with van der Waals surface area (Å²) in [5.41, 5.74) is 5.33. The van der Waals surface area contributed by atoms with E-state index in [0.29, 0.717) is 31.6 Å². The molecule has 2 aromatic rings. The Kier molecular flexibility index (Phi) is 8.93. The Balaban J connectivity index is 1.45. The number of alkyl halides is 2. The smallest absolute Gasteiger partial charge is 0.387 e. The topological polar surface area (TPSA) is 127 Å². The predicted molar refractivity (Wildman–Crippen MR) is 146 cm³/mol. The summed E-state index contributed by atoms with van der Waals surface area (Å²) >= 11 is 0. The van der Waals surface area contributed by atoms with Crippen LogP contribution in [0.2, 0.25) is 0 Å². The number of rotatable bonds is 10. The lowest BCUT2D eigenvalue weighted by atomic mass is 9.79. The summed E-state index contributed by atoms with van der Waals surface area (Å²) in [6.45, 7) is 6.72. The highest BCUT2D eigenvalue weighted by Gasteiger charge is 2.38. The zero-order valence-electron chi connectivity index (χ0n) is 23.3. The van der Waals surface area contributed by atoms with Crippen molar-refractivity contribution >= 4 is 23.4 Å².